The van der Waals surface area contributed by atoms with Gasteiger partial charge in [-0.1, -0.05) is 12.1 Å². The minimum atomic E-state index is -0.805. The third-order valence-corrected chi connectivity index (χ3v) is 2.99. The van der Waals surface area contributed by atoms with E-state index in [0.29, 0.717) is 17.9 Å². The Morgan fingerprint density at radius 3 is 2.48 bits per heavy atom. The summed E-state index contributed by atoms with van der Waals surface area (Å²) >= 11 is 0. The van der Waals surface area contributed by atoms with Crippen LogP contribution >= 0.6 is 0 Å². The first-order valence-corrected chi connectivity index (χ1v) is 6.70. The molecule has 1 unspecified atom stereocenters. The predicted octanol–water partition coefficient (Wildman–Crippen LogP) is 3.51. The zero-order chi connectivity index (χ0) is 15.2. The molecule has 0 saturated heterocycles. The number of ether oxygens (including phenoxy) is 1. The maximum Gasteiger partial charge on any atom is 0.167 e. The van der Waals surface area contributed by atoms with Crippen molar-refractivity contribution in [2.24, 2.45) is 0 Å². The molecule has 2 rings (SSSR count). The molecule has 0 aromatic heterocycles. The van der Waals surface area contributed by atoms with Crippen LogP contribution in [-0.4, -0.2) is 18.3 Å². The van der Waals surface area contributed by atoms with E-state index < -0.39 is 11.9 Å². The third kappa shape index (κ3) is 4.16. The molecular weight excluding hydrogens is 276 g/mol. The molecule has 2 N–H and O–H groups in total. The van der Waals surface area contributed by atoms with Crippen LogP contribution in [0.5, 0.6) is 5.75 Å². The summed E-state index contributed by atoms with van der Waals surface area (Å²) in [5, 5.41) is 12.9. The van der Waals surface area contributed by atoms with E-state index in [9.17, 15) is 13.9 Å². The van der Waals surface area contributed by atoms with Gasteiger partial charge in [0.15, 0.2) is 11.6 Å². The van der Waals surface area contributed by atoms with Crippen LogP contribution in [0.25, 0.3) is 0 Å². The van der Waals surface area contributed by atoms with Crippen LogP contribution in [0.15, 0.2) is 42.5 Å². The molecule has 0 heterocycles. The molecule has 112 valence electrons. The van der Waals surface area contributed by atoms with Crippen molar-refractivity contribution in [3.8, 4) is 5.75 Å². The summed E-state index contributed by atoms with van der Waals surface area (Å²) in [4.78, 5) is 0. The number of hydrogen-bond acceptors (Lipinski definition) is 3. The van der Waals surface area contributed by atoms with E-state index in [1.165, 1.54) is 36.4 Å². The highest BCUT2D eigenvalue weighted by molar-refractivity contribution is 5.47. The number of anilines is 1. The first kappa shape index (κ1) is 15.3. The Kier molecular flexibility index (Phi) is 5.11. The highest BCUT2D eigenvalue weighted by Crippen LogP contribution is 2.22. The van der Waals surface area contributed by atoms with E-state index in [1.807, 2.05) is 0 Å². The minimum Gasteiger partial charge on any atom is -0.491 e. The molecule has 0 aliphatic heterocycles. The second-order valence-electron chi connectivity index (χ2n) is 4.53. The highest BCUT2D eigenvalue weighted by atomic mass is 19.1. The zero-order valence-corrected chi connectivity index (χ0v) is 11.6. The van der Waals surface area contributed by atoms with Crippen LogP contribution in [-0.2, 0) is 0 Å². The fourth-order valence-corrected chi connectivity index (χ4v) is 1.90. The minimum absolute atomic E-state index is 0.194. The summed E-state index contributed by atoms with van der Waals surface area (Å²) in [5.41, 5.74) is 1.13. The second-order valence-corrected chi connectivity index (χ2v) is 4.53. The Balaban J connectivity index is 1.96. The molecule has 0 bridgehead atoms. The van der Waals surface area contributed by atoms with Gasteiger partial charge in [-0.25, -0.2) is 8.78 Å². The summed E-state index contributed by atoms with van der Waals surface area (Å²) in [5.74, 6) is -0.618. The van der Waals surface area contributed by atoms with Crippen molar-refractivity contribution in [2.45, 2.75) is 13.0 Å². The molecule has 2 aromatic carbocycles. The third-order valence-electron chi connectivity index (χ3n) is 2.99. The van der Waals surface area contributed by atoms with Crippen molar-refractivity contribution in [2.75, 3.05) is 18.5 Å². The summed E-state index contributed by atoms with van der Waals surface area (Å²) in [6.07, 6.45) is -0.805. The van der Waals surface area contributed by atoms with Gasteiger partial charge in [-0.05, 0) is 36.8 Å². The van der Waals surface area contributed by atoms with Gasteiger partial charge in [-0.2, -0.15) is 0 Å². The van der Waals surface area contributed by atoms with Crippen LogP contribution in [0.2, 0.25) is 0 Å². The summed E-state index contributed by atoms with van der Waals surface area (Å²) < 4.78 is 31.6. The number of benzene rings is 2. The SMILES string of the molecule is CCOc1ccc(NCC(O)c2ccc(F)cc2)cc1F. The van der Waals surface area contributed by atoms with Gasteiger partial charge in [-0.3, -0.25) is 0 Å². The fourth-order valence-electron chi connectivity index (χ4n) is 1.90. The van der Waals surface area contributed by atoms with Gasteiger partial charge in [0.05, 0.1) is 12.7 Å². The molecule has 2 aromatic rings. The maximum atomic E-state index is 13.7. The molecule has 0 aliphatic rings. The number of halogens is 2. The number of aliphatic hydroxyl groups excluding tert-OH is 1. The van der Waals surface area contributed by atoms with Gasteiger partial charge >= 0.3 is 0 Å². The average molecular weight is 293 g/mol. The topological polar surface area (TPSA) is 41.5 Å². The summed E-state index contributed by atoms with van der Waals surface area (Å²) in [6.45, 7) is 2.37. The van der Waals surface area contributed by atoms with Crippen molar-refractivity contribution >= 4 is 5.69 Å². The predicted molar refractivity (Wildman–Crippen MR) is 77.4 cm³/mol. The van der Waals surface area contributed by atoms with Crippen molar-refractivity contribution in [1.82, 2.24) is 0 Å². The van der Waals surface area contributed by atoms with E-state index in [-0.39, 0.29) is 18.1 Å². The normalized spacial score (nSPS) is 12.0. The first-order chi connectivity index (χ1) is 10.1. The Morgan fingerprint density at radius 1 is 1.14 bits per heavy atom. The van der Waals surface area contributed by atoms with Gasteiger partial charge in [0.2, 0.25) is 0 Å². The number of nitrogens with one attached hydrogen (secondary N) is 1. The lowest BCUT2D eigenvalue weighted by atomic mass is 10.1. The van der Waals surface area contributed by atoms with Gasteiger partial charge in [0.1, 0.15) is 5.82 Å². The Hall–Kier alpha value is -2.14. The first-order valence-electron chi connectivity index (χ1n) is 6.70. The molecule has 0 spiro atoms. The fraction of sp³-hybridized carbons (Fsp3) is 0.250. The van der Waals surface area contributed by atoms with Crippen LogP contribution < -0.4 is 10.1 Å². The van der Waals surface area contributed by atoms with E-state index in [1.54, 1.807) is 13.0 Å². The number of rotatable bonds is 6. The van der Waals surface area contributed by atoms with Crippen molar-refractivity contribution in [3.05, 3.63) is 59.7 Å². The summed E-state index contributed by atoms with van der Waals surface area (Å²) in [7, 11) is 0. The van der Waals surface area contributed by atoms with Crippen molar-refractivity contribution in [3.63, 3.8) is 0 Å². The van der Waals surface area contributed by atoms with Gasteiger partial charge in [0.25, 0.3) is 0 Å². The average Bonchev–Trinajstić information content (AvgIpc) is 2.48. The second kappa shape index (κ2) is 7.04. The molecule has 3 nitrogen and oxygen atoms in total. The Bertz CT molecular complexity index is 587. The molecule has 5 heteroatoms. The van der Waals surface area contributed by atoms with Crippen LogP contribution in [0.3, 0.4) is 0 Å². The van der Waals surface area contributed by atoms with E-state index in [2.05, 4.69) is 5.32 Å². The molecule has 0 fully saturated rings. The van der Waals surface area contributed by atoms with Crippen molar-refractivity contribution < 1.29 is 18.6 Å². The monoisotopic (exact) mass is 293 g/mol. The van der Waals surface area contributed by atoms with Gasteiger partial charge in [-0.15, -0.1) is 0 Å². The molecule has 0 aliphatic carbocycles. The van der Waals surface area contributed by atoms with E-state index in [4.69, 9.17) is 4.74 Å². The standard InChI is InChI=1S/C16H17F2NO2/c1-2-21-16-8-7-13(9-14(16)18)19-10-15(20)11-3-5-12(17)6-4-11/h3-9,15,19-20H,2,10H2,1H3. The largest absolute Gasteiger partial charge is 0.491 e. The smallest absolute Gasteiger partial charge is 0.167 e. The van der Waals surface area contributed by atoms with Crippen LogP contribution in [0.1, 0.15) is 18.6 Å². The Morgan fingerprint density at radius 2 is 1.86 bits per heavy atom. The molecule has 21 heavy (non-hydrogen) atoms. The van der Waals surface area contributed by atoms with E-state index >= 15 is 0 Å². The Labute approximate surface area is 122 Å². The molecular formula is C16H17F2NO2. The number of hydrogen-bond donors (Lipinski definition) is 2. The van der Waals surface area contributed by atoms with Gasteiger partial charge in [0, 0.05) is 18.3 Å². The van der Waals surface area contributed by atoms with Gasteiger partial charge < -0.3 is 15.2 Å². The van der Waals surface area contributed by atoms with E-state index in [0.717, 1.165) is 0 Å². The van der Waals surface area contributed by atoms with Crippen molar-refractivity contribution in [1.29, 1.82) is 0 Å². The quantitative estimate of drug-likeness (QED) is 0.856. The van der Waals surface area contributed by atoms with Crippen LogP contribution in [0, 0.1) is 11.6 Å². The number of aliphatic hydroxyl groups is 1. The molecule has 1 atom stereocenters. The molecule has 0 radical (unpaired) electrons. The summed E-state index contributed by atoms with van der Waals surface area (Å²) in [6, 6.07) is 10.1. The lowest BCUT2D eigenvalue weighted by molar-refractivity contribution is 0.191. The zero-order valence-electron chi connectivity index (χ0n) is 11.6. The van der Waals surface area contributed by atoms with Crippen LogP contribution in [0.4, 0.5) is 14.5 Å². The molecule has 0 saturated carbocycles. The highest BCUT2D eigenvalue weighted by Gasteiger charge is 2.09. The maximum absolute atomic E-state index is 13.7. The lowest BCUT2D eigenvalue weighted by Crippen LogP contribution is -2.12. The molecule has 0 amide bonds. The lowest BCUT2D eigenvalue weighted by Gasteiger charge is -2.14.